The first kappa shape index (κ1) is 24.9. The standard InChI is InChI=1S/C24H20F5N5O2/c25-21(26)3-1-2-14-10-15(24(27,28)29)12-17(11-14)33-23(35)32-16-4-6-18(7-5-16)36-20-8-9-30-22-19(20)13-31-34-22/h4-13,21H,1-3H2,(H,30,31,34)(H2,32,33,35). The topological polar surface area (TPSA) is 91.9 Å². The summed E-state index contributed by atoms with van der Waals surface area (Å²) in [6.07, 6.45) is -4.43. The molecule has 7 nitrogen and oxygen atoms in total. The summed E-state index contributed by atoms with van der Waals surface area (Å²) in [7, 11) is 0. The second-order valence-corrected chi connectivity index (χ2v) is 7.85. The molecule has 0 spiro atoms. The predicted octanol–water partition coefficient (Wildman–Crippen LogP) is 7.00. The Labute approximate surface area is 201 Å². The number of H-pyrrole nitrogens is 1. The predicted molar refractivity (Wildman–Crippen MR) is 123 cm³/mol. The van der Waals surface area contributed by atoms with E-state index in [4.69, 9.17) is 4.74 Å². The van der Waals surface area contributed by atoms with Crippen LogP contribution in [0.1, 0.15) is 24.0 Å². The summed E-state index contributed by atoms with van der Waals surface area (Å²) in [5, 5.41) is 12.2. The Bertz CT molecular complexity index is 1340. The summed E-state index contributed by atoms with van der Waals surface area (Å²) < 4.78 is 70.4. The third-order valence-electron chi connectivity index (χ3n) is 5.12. The maximum absolute atomic E-state index is 13.3. The molecular formula is C24H20F5N5O2. The first-order chi connectivity index (χ1) is 17.2. The Morgan fingerprint density at radius 1 is 1.03 bits per heavy atom. The fourth-order valence-corrected chi connectivity index (χ4v) is 3.48. The molecule has 2 heterocycles. The van der Waals surface area contributed by atoms with E-state index in [9.17, 15) is 26.7 Å². The number of benzene rings is 2. The van der Waals surface area contributed by atoms with Gasteiger partial charge in [0, 0.05) is 24.0 Å². The number of nitrogens with one attached hydrogen (secondary N) is 3. The van der Waals surface area contributed by atoms with Crippen LogP contribution in [-0.2, 0) is 12.6 Å². The zero-order valence-electron chi connectivity index (χ0n) is 18.6. The Morgan fingerprint density at radius 2 is 1.78 bits per heavy atom. The first-order valence-corrected chi connectivity index (χ1v) is 10.8. The molecule has 0 radical (unpaired) electrons. The quantitative estimate of drug-likeness (QED) is 0.225. The molecule has 4 rings (SSSR count). The number of ether oxygens (including phenoxy) is 1. The van der Waals surface area contributed by atoms with Gasteiger partial charge in [0.15, 0.2) is 5.65 Å². The zero-order chi connectivity index (χ0) is 25.7. The Hall–Kier alpha value is -4.22. The van der Waals surface area contributed by atoms with Crippen LogP contribution in [0.15, 0.2) is 60.9 Å². The Morgan fingerprint density at radius 3 is 2.50 bits per heavy atom. The van der Waals surface area contributed by atoms with Gasteiger partial charge in [-0.25, -0.2) is 18.6 Å². The highest BCUT2D eigenvalue weighted by Crippen LogP contribution is 2.33. The van der Waals surface area contributed by atoms with Crippen LogP contribution in [0.5, 0.6) is 11.5 Å². The fourth-order valence-electron chi connectivity index (χ4n) is 3.48. The molecular weight excluding hydrogens is 485 g/mol. The number of carbonyl (C=O) groups is 1. The van der Waals surface area contributed by atoms with Gasteiger partial charge in [0.25, 0.3) is 0 Å². The smallest absolute Gasteiger partial charge is 0.416 e. The Balaban J connectivity index is 1.41. The van der Waals surface area contributed by atoms with Crippen molar-refractivity contribution in [3.05, 3.63) is 72.1 Å². The number of halogens is 5. The van der Waals surface area contributed by atoms with Crippen LogP contribution in [-0.4, -0.2) is 27.6 Å². The molecule has 0 aliphatic heterocycles. The SMILES string of the molecule is O=C(Nc1ccc(Oc2ccnc3[nH]ncc23)cc1)Nc1cc(CCCC(F)F)cc(C(F)(F)F)c1. The average molecular weight is 505 g/mol. The number of hydrogen-bond acceptors (Lipinski definition) is 4. The van der Waals surface area contributed by atoms with Crippen molar-refractivity contribution in [3.63, 3.8) is 0 Å². The number of alkyl halides is 5. The van der Waals surface area contributed by atoms with Crippen LogP contribution in [0, 0.1) is 0 Å². The molecule has 188 valence electrons. The molecule has 2 aromatic carbocycles. The summed E-state index contributed by atoms with van der Waals surface area (Å²) in [5.41, 5.74) is 0.0550. The van der Waals surface area contributed by atoms with Crippen molar-refractivity contribution >= 4 is 28.4 Å². The first-order valence-electron chi connectivity index (χ1n) is 10.8. The zero-order valence-corrected chi connectivity index (χ0v) is 18.6. The van der Waals surface area contributed by atoms with Crippen LogP contribution in [0.4, 0.5) is 38.1 Å². The van der Waals surface area contributed by atoms with E-state index in [0.717, 1.165) is 12.1 Å². The number of amides is 2. The normalized spacial score (nSPS) is 11.6. The van der Waals surface area contributed by atoms with E-state index < -0.39 is 30.6 Å². The number of hydrogen-bond donors (Lipinski definition) is 3. The lowest BCUT2D eigenvalue weighted by atomic mass is 10.0. The lowest BCUT2D eigenvalue weighted by Crippen LogP contribution is -2.20. The highest BCUT2D eigenvalue weighted by molar-refractivity contribution is 5.99. The van der Waals surface area contributed by atoms with Gasteiger partial charge in [0.05, 0.1) is 17.1 Å². The van der Waals surface area contributed by atoms with Crippen LogP contribution >= 0.6 is 0 Å². The number of pyridine rings is 1. The molecule has 0 unspecified atom stereocenters. The maximum atomic E-state index is 13.3. The largest absolute Gasteiger partial charge is 0.456 e. The number of rotatable bonds is 8. The lowest BCUT2D eigenvalue weighted by Gasteiger charge is -2.14. The second-order valence-electron chi connectivity index (χ2n) is 7.85. The summed E-state index contributed by atoms with van der Waals surface area (Å²) >= 11 is 0. The molecule has 0 aliphatic carbocycles. The third-order valence-corrected chi connectivity index (χ3v) is 5.12. The van der Waals surface area contributed by atoms with Gasteiger partial charge in [0.2, 0.25) is 6.43 Å². The second kappa shape index (κ2) is 10.6. The molecule has 2 aromatic heterocycles. The number of urea groups is 1. The minimum Gasteiger partial charge on any atom is -0.456 e. The van der Waals surface area contributed by atoms with Gasteiger partial charge in [-0.2, -0.15) is 18.3 Å². The number of nitrogens with zero attached hydrogens (tertiary/aromatic N) is 2. The van der Waals surface area contributed by atoms with Crippen molar-refractivity contribution < 1.29 is 31.5 Å². The van der Waals surface area contributed by atoms with E-state index in [1.807, 2.05) is 0 Å². The van der Waals surface area contributed by atoms with Gasteiger partial charge < -0.3 is 15.4 Å². The van der Waals surface area contributed by atoms with E-state index in [1.165, 1.54) is 6.07 Å². The summed E-state index contributed by atoms with van der Waals surface area (Å²) in [4.78, 5) is 16.5. The van der Waals surface area contributed by atoms with Crippen LogP contribution in [0.25, 0.3) is 11.0 Å². The van der Waals surface area contributed by atoms with Crippen LogP contribution in [0.2, 0.25) is 0 Å². The maximum Gasteiger partial charge on any atom is 0.416 e. The molecule has 36 heavy (non-hydrogen) atoms. The van der Waals surface area contributed by atoms with E-state index >= 15 is 0 Å². The van der Waals surface area contributed by atoms with Crippen molar-refractivity contribution in [2.45, 2.75) is 31.9 Å². The van der Waals surface area contributed by atoms with Gasteiger partial charge in [0.1, 0.15) is 11.5 Å². The molecule has 0 fully saturated rings. The number of aromatic amines is 1. The number of aryl methyl sites for hydroxylation is 1. The van der Waals surface area contributed by atoms with Crippen molar-refractivity contribution in [2.24, 2.45) is 0 Å². The monoisotopic (exact) mass is 505 g/mol. The average Bonchev–Trinajstić information content (AvgIpc) is 3.29. The Kier molecular flexibility index (Phi) is 7.32. The molecule has 0 atom stereocenters. The highest BCUT2D eigenvalue weighted by atomic mass is 19.4. The summed E-state index contributed by atoms with van der Waals surface area (Å²) in [6.45, 7) is 0. The number of fused-ring (bicyclic) bond motifs is 1. The van der Waals surface area contributed by atoms with Crippen LogP contribution in [0.3, 0.4) is 0 Å². The van der Waals surface area contributed by atoms with E-state index in [-0.39, 0.29) is 24.1 Å². The molecule has 3 N–H and O–H groups in total. The number of aromatic nitrogens is 3. The van der Waals surface area contributed by atoms with Crippen molar-refractivity contribution in [1.82, 2.24) is 15.2 Å². The third kappa shape index (κ3) is 6.46. The van der Waals surface area contributed by atoms with Gasteiger partial charge >= 0.3 is 12.2 Å². The van der Waals surface area contributed by atoms with Crippen molar-refractivity contribution in [1.29, 1.82) is 0 Å². The van der Waals surface area contributed by atoms with Gasteiger partial charge in [-0.3, -0.25) is 5.10 Å². The fraction of sp³-hybridized carbons (Fsp3) is 0.208. The molecule has 4 aromatic rings. The molecule has 0 saturated heterocycles. The van der Waals surface area contributed by atoms with E-state index in [1.54, 1.807) is 42.7 Å². The van der Waals surface area contributed by atoms with Crippen molar-refractivity contribution in [2.75, 3.05) is 10.6 Å². The molecule has 0 saturated carbocycles. The molecule has 2 amide bonds. The lowest BCUT2D eigenvalue weighted by molar-refractivity contribution is -0.137. The van der Waals surface area contributed by atoms with Gasteiger partial charge in [-0.05, 0) is 66.9 Å². The van der Waals surface area contributed by atoms with Gasteiger partial charge in [-0.15, -0.1) is 0 Å². The number of carbonyl (C=O) groups excluding carboxylic acids is 1. The minimum absolute atomic E-state index is 0.0185. The van der Waals surface area contributed by atoms with Gasteiger partial charge in [-0.1, -0.05) is 0 Å². The summed E-state index contributed by atoms with van der Waals surface area (Å²) in [6, 6.07) is 10.3. The number of anilines is 2. The van der Waals surface area contributed by atoms with E-state index in [0.29, 0.717) is 28.2 Å². The van der Waals surface area contributed by atoms with Crippen LogP contribution < -0.4 is 15.4 Å². The molecule has 0 bridgehead atoms. The highest BCUT2D eigenvalue weighted by Gasteiger charge is 2.31. The van der Waals surface area contributed by atoms with Crippen molar-refractivity contribution in [3.8, 4) is 11.5 Å². The summed E-state index contributed by atoms with van der Waals surface area (Å²) in [5.74, 6) is 1.00. The van der Waals surface area contributed by atoms with E-state index in [2.05, 4.69) is 25.8 Å². The minimum atomic E-state index is -4.65. The molecule has 12 heteroatoms. The molecule has 0 aliphatic rings.